The lowest BCUT2D eigenvalue weighted by Crippen LogP contribution is -2.41. The third-order valence-electron chi connectivity index (χ3n) is 4.24. The lowest BCUT2D eigenvalue weighted by molar-refractivity contribution is -0.124. The standard InChI is InChI=1S/C17H23NO4/c19-17(18-15-6-9-20-10-7-15)12-22-16-3-1-13(2-4-16)14-5-8-21-11-14/h1-4,14-15H,5-12H2,(H,18,19)/t14-/m0/s1. The summed E-state index contributed by atoms with van der Waals surface area (Å²) < 4.78 is 16.2. The van der Waals surface area contributed by atoms with Crippen LogP contribution in [0.1, 0.15) is 30.7 Å². The van der Waals surface area contributed by atoms with Crippen LogP contribution in [0.2, 0.25) is 0 Å². The number of hydrogen-bond donors (Lipinski definition) is 1. The van der Waals surface area contributed by atoms with Crippen LogP contribution in [-0.4, -0.2) is 45.0 Å². The first-order valence-electron chi connectivity index (χ1n) is 7.99. The van der Waals surface area contributed by atoms with E-state index >= 15 is 0 Å². The molecule has 0 radical (unpaired) electrons. The van der Waals surface area contributed by atoms with Gasteiger partial charge in [-0.2, -0.15) is 0 Å². The minimum Gasteiger partial charge on any atom is -0.484 e. The largest absolute Gasteiger partial charge is 0.484 e. The summed E-state index contributed by atoms with van der Waals surface area (Å²) in [6, 6.07) is 8.19. The number of rotatable bonds is 5. The monoisotopic (exact) mass is 305 g/mol. The molecule has 0 saturated carbocycles. The van der Waals surface area contributed by atoms with Crippen LogP contribution in [0.15, 0.2) is 24.3 Å². The van der Waals surface area contributed by atoms with E-state index in [1.54, 1.807) is 0 Å². The van der Waals surface area contributed by atoms with E-state index in [-0.39, 0.29) is 18.6 Å². The van der Waals surface area contributed by atoms with E-state index < -0.39 is 0 Å². The van der Waals surface area contributed by atoms with Crippen LogP contribution >= 0.6 is 0 Å². The Morgan fingerprint density at radius 1 is 1.09 bits per heavy atom. The number of nitrogens with one attached hydrogen (secondary N) is 1. The van der Waals surface area contributed by atoms with E-state index in [2.05, 4.69) is 17.4 Å². The Kier molecular flexibility index (Phi) is 5.29. The number of hydrogen-bond acceptors (Lipinski definition) is 4. The minimum absolute atomic E-state index is 0.0588. The number of carbonyl (C=O) groups is 1. The highest BCUT2D eigenvalue weighted by atomic mass is 16.5. The second-order valence-electron chi connectivity index (χ2n) is 5.87. The zero-order valence-corrected chi connectivity index (χ0v) is 12.8. The zero-order valence-electron chi connectivity index (χ0n) is 12.8. The average molecular weight is 305 g/mol. The van der Waals surface area contributed by atoms with Gasteiger partial charge in [-0.05, 0) is 37.0 Å². The lowest BCUT2D eigenvalue weighted by Gasteiger charge is -2.23. The van der Waals surface area contributed by atoms with Crippen LogP contribution in [0.4, 0.5) is 0 Å². The van der Waals surface area contributed by atoms with Crippen molar-refractivity contribution >= 4 is 5.91 Å². The number of carbonyl (C=O) groups excluding carboxylic acids is 1. The normalized spacial score (nSPS) is 22.5. The van der Waals surface area contributed by atoms with Gasteiger partial charge in [0.15, 0.2) is 6.61 Å². The van der Waals surface area contributed by atoms with E-state index in [1.807, 2.05) is 12.1 Å². The van der Waals surface area contributed by atoms with E-state index in [4.69, 9.17) is 14.2 Å². The molecular weight excluding hydrogens is 282 g/mol. The maximum Gasteiger partial charge on any atom is 0.258 e. The van der Waals surface area contributed by atoms with Crippen LogP contribution in [0.5, 0.6) is 5.75 Å². The predicted molar refractivity (Wildman–Crippen MR) is 82.1 cm³/mol. The van der Waals surface area contributed by atoms with Crippen molar-refractivity contribution in [2.45, 2.75) is 31.2 Å². The van der Waals surface area contributed by atoms with Gasteiger partial charge in [0.05, 0.1) is 6.61 Å². The quantitative estimate of drug-likeness (QED) is 0.902. The zero-order chi connectivity index (χ0) is 15.2. The Balaban J connectivity index is 1.43. The van der Waals surface area contributed by atoms with Crippen molar-refractivity contribution in [1.29, 1.82) is 0 Å². The number of amides is 1. The highest BCUT2D eigenvalue weighted by Crippen LogP contribution is 2.26. The van der Waals surface area contributed by atoms with Gasteiger partial charge in [0.1, 0.15) is 5.75 Å². The van der Waals surface area contributed by atoms with Crippen LogP contribution in [0, 0.1) is 0 Å². The van der Waals surface area contributed by atoms with Crippen molar-refractivity contribution in [3.63, 3.8) is 0 Å². The van der Waals surface area contributed by atoms with Gasteiger partial charge in [-0.1, -0.05) is 12.1 Å². The van der Waals surface area contributed by atoms with Gasteiger partial charge >= 0.3 is 0 Å². The summed E-state index contributed by atoms with van der Waals surface area (Å²) in [6.45, 7) is 3.14. The second kappa shape index (κ2) is 7.61. The molecule has 5 heteroatoms. The Labute approximate surface area is 130 Å². The summed E-state index contributed by atoms with van der Waals surface area (Å²) in [7, 11) is 0. The summed E-state index contributed by atoms with van der Waals surface area (Å²) in [5, 5.41) is 2.98. The summed E-state index contributed by atoms with van der Waals surface area (Å²) in [4.78, 5) is 11.9. The molecule has 0 aliphatic carbocycles. The number of ether oxygens (including phenoxy) is 3. The molecule has 2 aliphatic rings. The van der Waals surface area contributed by atoms with Crippen LogP contribution < -0.4 is 10.1 Å². The van der Waals surface area contributed by atoms with Crippen molar-refractivity contribution in [3.8, 4) is 5.75 Å². The summed E-state index contributed by atoms with van der Waals surface area (Å²) in [5.41, 5.74) is 1.27. The smallest absolute Gasteiger partial charge is 0.258 e. The molecule has 2 fully saturated rings. The molecule has 5 nitrogen and oxygen atoms in total. The van der Waals surface area contributed by atoms with Gasteiger partial charge in [-0.3, -0.25) is 4.79 Å². The van der Waals surface area contributed by atoms with Crippen molar-refractivity contribution in [2.24, 2.45) is 0 Å². The molecule has 120 valence electrons. The third-order valence-corrected chi connectivity index (χ3v) is 4.24. The second-order valence-corrected chi connectivity index (χ2v) is 5.87. The van der Waals surface area contributed by atoms with Gasteiger partial charge in [0, 0.05) is 31.8 Å². The SMILES string of the molecule is O=C(COc1ccc([C@H]2CCOC2)cc1)NC1CCOCC1. The first-order valence-corrected chi connectivity index (χ1v) is 7.99. The van der Waals surface area contributed by atoms with Gasteiger partial charge in [0.2, 0.25) is 0 Å². The molecule has 1 aromatic carbocycles. The fourth-order valence-electron chi connectivity index (χ4n) is 2.89. The molecule has 2 aliphatic heterocycles. The molecule has 22 heavy (non-hydrogen) atoms. The summed E-state index contributed by atoms with van der Waals surface area (Å²) >= 11 is 0. The Morgan fingerprint density at radius 3 is 2.50 bits per heavy atom. The van der Waals surface area contributed by atoms with Crippen LogP contribution in [-0.2, 0) is 14.3 Å². The lowest BCUT2D eigenvalue weighted by atomic mass is 9.99. The molecule has 1 N–H and O–H groups in total. The van der Waals surface area contributed by atoms with E-state index in [9.17, 15) is 4.79 Å². The molecule has 0 aromatic heterocycles. The fraction of sp³-hybridized carbons (Fsp3) is 0.588. The summed E-state index contributed by atoms with van der Waals surface area (Å²) in [6.07, 6.45) is 2.83. The molecule has 0 bridgehead atoms. The molecule has 0 spiro atoms. The van der Waals surface area contributed by atoms with E-state index in [0.29, 0.717) is 5.92 Å². The van der Waals surface area contributed by atoms with Crippen molar-refractivity contribution in [2.75, 3.05) is 33.0 Å². The molecule has 1 aromatic rings. The highest BCUT2D eigenvalue weighted by Gasteiger charge is 2.18. The Hall–Kier alpha value is -1.59. The fourth-order valence-corrected chi connectivity index (χ4v) is 2.89. The molecule has 1 atom stereocenters. The minimum atomic E-state index is -0.0693. The van der Waals surface area contributed by atoms with E-state index in [1.165, 1.54) is 5.56 Å². The third kappa shape index (κ3) is 4.21. The molecule has 0 unspecified atom stereocenters. The predicted octanol–water partition coefficient (Wildman–Crippen LogP) is 1.86. The Morgan fingerprint density at radius 2 is 1.82 bits per heavy atom. The number of benzene rings is 1. The molecule has 1 amide bonds. The highest BCUT2D eigenvalue weighted by molar-refractivity contribution is 5.77. The van der Waals surface area contributed by atoms with E-state index in [0.717, 1.165) is 51.4 Å². The Bertz CT molecular complexity index is 476. The first-order chi connectivity index (χ1) is 10.8. The van der Waals surface area contributed by atoms with Gasteiger partial charge < -0.3 is 19.5 Å². The maximum atomic E-state index is 11.9. The summed E-state index contributed by atoms with van der Waals surface area (Å²) in [5.74, 6) is 1.15. The molecule has 2 heterocycles. The van der Waals surface area contributed by atoms with Crippen molar-refractivity contribution < 1.29 is 19.0 Å². The molecule has 3 rings (SSSR count). The topological polar surface area (TPSA) is 56.8 Å². The van der Waals surface area contributed by atoms with Gasteiger partial charge in [-0.15, -0.1) is 0 Å². The molecular formula is C17H23NO4. The van der Waals surface area contributed by atoms with Crippen LogP contribution in [0.25, 0.3) is 0 Å². The van der Waals surface area contributed by atoms with Crippen LogP contribution in [0.3, 0.4) is 0 Å². The van der Waals surface area contributed by atoms with Crippen molar-refractivity contribution in [3.05, 3.63) is 29.8 Å². The van der Waals surface area contributed by atoms with Gasteiger partial charge in [-0.25, -0.2) is 0 Å². The van der Waals surface area contributed by atoms with Gasteiger partial charge in [0.25, 0.3) is 5.91 Å². The maximum absolute atomic E-state index is 11.9. The first kappa shape index (κ1) is 15.3. The average Bonchev–Trinajstić information content (AvgIpc) is 3.09. The molecule has 2 saturated heterocycles. The van der Waals surface area contributed by atoms with Crippen molar-refractivity contribution in [1.82, 2.24) is 5.32 Å².